The van der Waals surface area contributed by atoms with E-state index in [1.165, 1.54) is 7.11 Å². The second-order valence-corrected chi connectivity index (χ2v) is 8.33. The highest BCUT2D eigenvalue weighted by Gasteiger charge is 2.31. The van der Waals surface area contributed by atoms with Crippen molar-refractivity contribution < 1.29 is 17.9 Å². The van der Waals surface area contributed by atoms with Crippen molar-refractivity contribution in [1.82, 2.24) is 4.31 Å². The van der Waals surface area contributed by atoms with Crippen LogP contribution in [0.5, 0.6) is 11.5 Å². The quantitative estimate of drug-likeness (QED) is 0.759. The van der Waals surface area contributed by atoms with Crippen LogP contribution in [0.2, 0.25) is 0 Å². The molecule has 0 amide bonds. The second kappa shape index (κ2) is 8.19. The predicted molar refractivity (Wildman–Crippen MR) is 106 cm³/mol. The molecule has 0 atom stereocenters. The predicted octanol–water partition coefficient (Wildman–Crippen LogP) is 2.78. The number of sulfonamides is 1. The first-order valence-electron chi connectivity index (χ1n) is 9.05. The van der Waals surface area contributed by atoms with Crippen LogP contribution in [0.1, 0.15) is 12.5 Å². The first kappa shape index (κ1) is 19.5. The number of rotatable bonds is 6. The van der Waals surface area contributed by atoms with Gasteiger partial charge < -0.3 is 14.4 Å². The van der Waals surface area contributed by atoms with Crippen LogP contribution in [0.3, 0.4) is 0 Å². The molecule has 0 bridgehead atoms. The highest BCUT2D eigenvalue weighted by Crippen LogP contribution is 2.29. The highest BCUT2D eigenvalue weighted by atomic mass is 32.2. The summed E-state index contributed by atoms with van der Waals surface area (Å²) >= 11 is 0. The molecule has 0 spiro atoms. The zero-order chi connectivity index (χ0) is 19.4. The fourth-order valence-corrected chi connectivity index (χ4v) is 4.89. The first-order chi connectivity index (χ1) is 13.0. The van der Waals surface area contributed by atoms with Crippen molar-refractivity contribution >= 4 is 15.7 Å². The summed E-state index contributed by atoms with van der Waals surface area (Å²) in [6.07, 6.45) is 0.776. The van der Waals surface area contributed by atoms with Crippen molar-refractivity contribution in [3.63, 3.8) is 0 Å². The van der Waals surface area contributed by atoms with E-state index in [2.05, 4.69) is 4.90 Å². The number of methoxy groups -OCH3 is 2. The molecule has 27 heavy (non-hydrogen) atoms. The molecule has 146 valence electrons. The van der Waals surface area contributed by atoms with E-state index in [-0.39, 0.29) is 4.90 Å². The van der Waals surface area contributed by atoms with Crippen LogP contribution < -0.4 is 14.4 Å². The van der Waals surface area contributed by atoms with Crippen LogP contribution in [0.4, 0.5) is 5.69 Å². The number of nitrogens with zero attached hydrogens (tertiary/aromatic N) is 2. The molecule has 0 radical (unpaired) electrons. The number of benzene rings is 2. The van der Waals surface area contributed by atoms with Gasteiger partial charge in [-0.1, -0.05) is 13.0 Å². The summed E-state index contributed by atoms with van der Waals surface area (Å²) < 4.78 is 38.4. The summed E-state index contributed by atoms with van der Waals surface area (Å²) in [5, 5.41) is 0. The van der Waals surface area contributed by atoms with Gasteiger partial charge in [0.15, 0.2) is 0 Å². The lowest BCUT2D eigenvalue weighted by atomic mass is 10.2. The fraction of sp³-hybridized carbons (Fsp3) is 0.400. The van der Waals surface area contributed by atoms with Gasteiger partial charge in [-0.25, -0.2) is 8.42 Å². The third-order valence-electron chi connectivity index (χ3n) is 4.93. The Morgan fingerprint density at radius 1 is 0.926 bits per heavy atom. The highest BCUT2D eigenvalue weighted by molar-refractivity contribution is 7.89. The van der Waals surface area contributed by atoms with Crippen LogP contribution in [0.15, 0.2) is 47.4 Å². The van der Waals surface area contributed by atoms with E-state index in [0.717, 1.165) is 23.4 Å². The molecule has 0 aromatic heterocycles. The average Bonchev–Trinajstić information content (AvgIpc) is 2.73. The Morgan fingerprint density at radius 2 is 1.59 bits per heavy atom. The molecule has 0 aliphatic carbocycles. The van der Waals surface area contributed by atoms with E-state index in [0.29, 0.717) is 31.9 Å². The molecule has 1 aliphatic heterocycles. The zero-order valence-electron chi connectivity index (χ0n) is 16.0. The Morgan fingerprint density at radius 3 is 2.15 bits per heavy atom. The Hall–Kier alpha value is -2.25. The van der Waals surface area contributed by atoms with Gasteiger partial charge in [-0.05, 0) is 48.4 Å². The minimum atomic E-state index is -3.59. The smallest absolute Gasteiger partial charge is 0.246 e. The molecule has 1 aliphatic rings. The molecule has 0 N–H and O–H groups in total. The molecule has 0 saturated carbocycles. The third kappa shape index (κ3) is 4.04. The summed E-state index contributed by atoms with van der Waals surface area (Å²) in [6.45, 7) is 4.16. The van der Waals surface area contributed by atoms with Crippen LogP contribution in [-0.4, -0.2) is 53.1 Å². The van der Waals surface area contributed by atoms with E-state index >= 15 is 0 Å². The van der Waals surface area contributed by atoms with Crippen molar-refractivity contribution in [3.05, 3.63) is 48.0 Å². The minimum absolute atomic E-state index is 0.252. The molecule has 3 rings (SSSR count). The Labute approximate surface area is 161 Å². The van der Waals surface area contributed by atoms with E-state index in [1.54, 1.807) is 23.5 Å². The lowest BCUT2D eigenvalue weighted by molar-refractivity contribution is 0.374. The SMILES string of the molecule is CCc1ccc(OC)c(S(=O)(=O)N2CCN(c3ccc(OC)cc3)CC2)c1. The maximum absolute atomic E-state index is 13.2. The fourth-order valence-electron chi connectivity index (χ4n) is 3.26. The zero-order valence-corrected chi connectivity index (χ0v) is 16.8. The second-order valence-electron chi connectivity index (χ2n) is 6.43. The monoisotopic (exact) mass is 390 g/mol. The molecule has 7 heteroatoms. The molecule has 1 fully saturated rings. The third-order valence-corrected chi connectivity index (χ3v) is 6.85. The number of aryl methyl sites for hydroxylation is 1. The number of ether oxygens (including phenoxy) is 2. The minimum Gasteiger partial charge on any atom is -0.497 e. The van der Waals surface area contributed by atoms with E-state index in [9.17, 15) is 8.42 Å². The van der Waals surface area contributed by atoms with E-state index in [1.807, 2.05) is 37.3 Å². The first-order valence-corrected chi connectivity index (χ1v) is 10.5. The van der Waals surface area contributed by atoms with Crippen LogP contribution in [0, 0.1) is 0 Å². The normalized spacial score (nSPS) is 15.6. The standard InChI is InChI=1S/C20H26N2O4S/c1-4-16-5-10-19(26-3)20(15-16)27(23,24)22-13-11-21(12-14-22)17-6-8-18(25-2)9-7-17/h5-10,15H,4,11-14H2,1-3H3. The van der Waals surface area contributed by atoms with Gasteiger partial charge in [0, 0.05) is 31.9 Å². The molecular formula is C20H26N2O4S. The maximum atomic E-state index is 13.2. The number of piperazine rings is 1. The Bertz CT molecular complexity index is 873. The topological polar surface area (TPSA) is 59.1 Å². The lowest BCUT2D eigenvalue weighted by Crippen LogP contribution is -2.48. The van der Waals surface area contributed by atoms with Gasteiger partial charge in [0.2, 0.25) is 10.0 Å². The van der Waals surface area contributed by atoms with Crippen LogP contribution in [-0.2, 0) is 16.4 Å². The summed E-state index contributed by atoms with van der Waals surface area (Å²) in [6, 6.07) is 13.2. The summed E-state index contributed by atoms with van der Waals surface area (Å²) in [5.74, 6) is 1.20. The van der Waals surface area contributed by atoms with Gasteiger partial charge in [-0.2, -0.15) is 4.31 Å². The van der Waals surface area contributed by atoms with Crippen molar-refractivity contribution in [1.29, 1.82) is 0 Å². The number of hydrogen-bond donors (Lipinski definition) is 0. The Balaban J connectivity index is 1.76. The number of anilines is 1. The van der Waals surface area contributed by atoms with Gasteiger partial charge in [0.05, 0.1) is 14.2 Å². The maximum Gasteiger partial charge on any atom is 0.246 e. The van der Waals surface area contributed by atoms with Gasteiger partial charge in [0.25, 0.3) is 0 Å². The molecule has 1 saturated heterocycles. The lowest BCUT2D eigenvalue weighted by Gasteiger charge is -2.35. The summed E-state index contributed by atoms with van der Waals surface area (Å²) in [7, 11) is -0.451. The van der Waals surface area contributed by atoms with Crippen LogP contribution in [0.25, 0.3) is 0 Å². The number of hydrogen-bond acceptors (Lipinski definition) is 5. The molecule has 1 heterocycles. The molecular weight excluding hydrogens is 364 g/mol. The van der Waals surface area contributed by atoms with Crippen LogP contribution >= 0.6 is 0 Å². The van der Waals surface area contributed by atoms with Crippen molar-refractivity contribution in [2.45, 2.75) is 18.2 Å². The van der Waals surface area contributed by atoms with E-state index in [4.69, 9.17) is 9.47 Å². The van der Waals surface area contributed by atoms with Gasteiger partial charge >= 0.3 is 0 Å². The van der Waals surface area contributed by atoms with Gasteiger partial charge in [-0.15, -0.1) is 0 Å². The molecule has 2 aromatic carbocycles. The molecule has 2 aromatic rings. The summed E-state index contributed by atoms with van der Waals surface area (Å²) in [4.78, 5) is 2.44. The van der Waals surface area contributed by atoms with Crippen molar-refractivity contribution in [3.8, 4) is 11.5 Å². The average molecular weight is 391 g/mol. The largest absolute Gasteiger partial charge is 0.497 e. The van der Waals surface area contributed by atoms with Crippen molar-refractivity contribution in [2.75, 3.05) is 45.3 Å². The van der Waals surface area contributed by atoms with Gasteiger partial charge in [-0.3, -0.25) is 0 Å². The Kier molecular flexibility index (Phi) is 5.92. The van der Waals surface area contributed by atoms with Gasteiger partial charge in [0.1, 0.15) is 16.4 Å². The molecule has 6 nitrogen and oxygen atoms in total. The molecule has 0 unspecified atom stereocenters. The van der Waals surface area contributed by atoms with Crippen molar-refractivity contribution in [2.24, 2.45) is 0 Å². The van der Waals surface area contributed by atoms with E-state index < -0.39 is 10.0 Å². The summed E-state index contributed by atoms with van der Waals surface area (Å²) in [5.41, 5.74) is 2.05.